The van der Waals surface area contributed by atoms with Crippen LogP contribution in [0.1, 0.15) is 41.9 Å². The number of hydrogen-bond acceptors (Lipinski definition) is 3. The van der Waals surface area contributed by atoms with Crippen molar-refractivity contribution in [2.24, 2.45) is 0 Å². The lowest BCUT2D eigenvalue weighted by atomic mass is 10.0. The van der Waals surface area contributed by atoms with E-state index in [9.17, 15) is 4.79 Å². The minimum atomic E-state index is -0.152. The fourth-order valence-corrected chi connectivity index (χ4v) is 3.03. The summed E-state index contributed by atoms with van der Waals surface area (Å²) in [5, 5.41) is 10.5. The first-order valence-corrected chi connectivity index (χ1v) is 6.93. The number of aliphatic hydroxyl groups excluding tert-OH is 1. The third-order valence-corrected chi connectivity index (χ3v) is 4.13. The van der Waals surface area contributed by atoms with Crippen LogP contribution in [0.5, 0.6) is 0 Å². The monoisotopic (exact) mass is 263 g/mol. The highest BCUT2D eigenvalue weighted by Gasteiger charge is 2.35. The van der Waals surface area contributed by atoms with E-state index in [4.69, 9.17) is 5.11 Å². The van der Waals surface area contributed by atoms with Crippen LogP contribution in [0, 0.1) is 11.8 Å². The molecule has 1 amide bonds. The Morgan fingerprint density at radius 1 is 1.61 bits per heavy atom. The SMILES string of the molecule is CC1(C)CCCN1C(=O)c1csc(C#CCO)c1. The van der Waals surface area contributed by atoms with Crippen LogP contribution in [0.4, 0.5) is 0 Å². The second-order valence-electron chi connectivity index (χ2n) is 5.03. The van der Waals surface area contributed by atoms with Crippen molar-refractivity contribution in [3.05, 3.63) is 21.9 Å². The molecule has 0 unspecified atom stereocenters. The third-order valence-electron chi connectivity index (χ3n) is 3.28. The van der Waals surface area contributed by atoms with Gasteiger partial charge in [-0.2, -0.15) is 0 Å². The molecule has 2 heterocycles. The molecule has 0 spiro atoms. The Morgan fingerprint density at radius 3 is 3.00 bits per heavy atom. The molecule has 0 bridgehead atoms. The van der Waals surface area contributed by atoms with Gasteiger partial charge in [-0.25, -0.2) is 0 Å². The maximum atomic E-state index is 12.4. The van der Waals surface area contributed by atoms with Gasteiger partial charge in [-0.15, -0.1) is 11.3 Å². The summed E-state index contributed by atoms with van der Waals surface area (Å²) in [6, 6.07) is 1.81. The van der Waals surface area contributed by atoms with E-state index in [2.05, 4.69) is 25.7 Å². The van der Waals surface area contributed by atoms with Gasteiger partial charge in [0.15, 0.2) is 0 Å². The van der Waals surface area contributed by atoms with Crippen molar-refractivity contribution < 1.29 is 9.90 Å². The van der Waals surface area contributed by atoms with E-state index < -0.39 is 0 Å². The fourth-order valence-electron chi connectivity index (χ4n) is 2.28. The van der Waals surface area contributed by atoms with E-state index >= 15 is 0 Å². The number of carbonyl (C=O) groups is 1. The molecular weight excluding hydrogens is 246 g/mol. The van der Waals surface area contributed by atoms with Gasteiger partial charge in [0.1, 0.15) is 6.61 Å². The molecule has 2 rings (SSSR count). The van der Waals surface area contributed by atoms with Gasteiger partial charge < -0.3 is 10.0 Å². The smallest absolute Gasteiger partial charge is 0.255 e. The molecular formula is C14H17NO2S. The first kappa shape index (κ1) is 13.1. The zero-order valence-corrected chi connectivity index (χ0v) is 11.5. The standard InChI is InChI=1S/C14H17NO2S/c1-14(2)6-4-7-15(14)13(17)11-9-12(18-10-11)5-3-8-16/h9-10,16H,4,6-8H2,1-2H3. The molecule has 3 nitrogen and oxygen atoms in total. The van der Waals surface area contributed by atoms with Gasteiger partial charge in [0.25, 0.3) is 5.91 Å². The van der Waals surface area contributed by atoms with Crippen LogP contribution in [-0.2, 0) is 0 Å². The molecule has 1 aliphatic rings. The Morgan fingerprint density at radius 2 is 2.39 bits per heavy atom. The molecule has 0 aliphatic carbocycles. The number of carbonyl (C=O) groups excluding carboxylic acids is 1. The minimum absolute atomic E-state index is 0.0457. The third kappa shape index (κ3) is 2.58. The summed E-state index contributed by atoms with van der Waals surface area (Å²) in [4.78, 5) is 15.2. The summed E-state index contributed by atoms with van der Waals surface area (Å²) in [7, 11) is 0. The van der Waals surface area contributed by atoms with Gasteiger partial charge in [0, 0.05) is 17.5 Å². The van der Waals surface area contributed by atoms with Crippen molar-refractivity contribution in [3.63, 3.8) is 0 Å². The number of thiophene rings is 1. The maximum absolute atomic E-state index is 12.4. The molecule has 1 aromatic rings. The van der Waals surface area contributed by atoms with Gasteiger partial charge >= 0.3 is 0 Å². The molecule has 0 aromatic carbocycles. The normalized spacial score (nSPS) is 17.4. The van der Waals surface area contributed by atoms with Gasteiger partial charge in [-0.05, 0) is 32.8 Å². The van der Waals surface area contributed by atoms with Crippen LogP contribution in [0.2, 0.25) is 0 Å². The molecule has 1 fully saturated rings. The highest BCUT2D eigenvalue weighted by Crippen LogP contribution is 2.30. The Hall–Kier alpha value is -1.31. The summed E-state index contributed by atoms with van der Waals surface area (Å²) >= 11 is 1.44. The molecule has 0 atom stereocenters. The van der Waals surface area contributed by atoms with E-state index in [1.54, 1.807) is 0 Å². The number of likely N-dealkylation sites (tertiary alicyclic amines) is 1. The number of rotatable bonds is 1. The Bertz CT molecular complexity index is 507. The van der Waals surface area contributed by atoms with E-state index in [0.29, 0.717) is 5.56 Å². The van der Waals surface area contributed by atoms with Gasteiger partial charge in [-0.1, -0.05) is 11.8 Å². The molecule has 4 heteroatoms. The molecule has 1 aromatic heterocycles. The molecule has 18 heavy (non-hydrogen) atoms. The predicted molar refractivity (Wildman–Crippen MR) is 72.6 cm³/mol. The van der Waals surface area contributed by atoms with Crippen molar-refractivity contribution in [2.45, 2.75) is 32.2 Å². The molecule has 0 saturated carbocycles. The maximum Gasteiger partial charge on any atom is 0.255 e. The number of nitrogens with zero attached hydrogens (tertiary/aromatic N) is 1. The lowest BCUT2D eigenvalue weighted by Gasteiger charge is -2.31. The molecule has 1 aliphatic heterocycles. The molecule has 1 saturated heterocycles. The molecule has 0 radical (unpaired) electrons. The van der Waals surface area contributed by atoms with Crippen molar-refractivity contribution in [2.75, 3.05) is 13.2 Å². The zero-order valence-electron chi connectivity index (χ0n) is 10.7. The Balaban J connectivity index is 2.17. The van der Waals surface area contributed by atoms with Crippen molar-refractivity contribution in [1.82, 2.24) is 4.90 Å². The van der Waals surface area contributed by atoms with Crippen LogP contribution in [0.3, 0.4) is 0 Å². The number of hydrogen-bond donors (Lipinski definition) is 1. The lowest BCUT2D eigenvalue weighted by molar-refractivity contribution is 0.0652. The van der Waals surface area contributed by atoms with Crippen LogP contribution in [0.15, 0.2) is 11.4 Å². The van der Waals surface area contributed by atoms with E-state index in [1.165, 1.54) is 11.3 Å². The van der Waals surface area contributed by atoms with Crippen LogP contribution < -0.4 is 0 Å². The Kier molecular flexibility index (Phi) is 3.74. The number of aliphatic hydroxyl groups is 1. The van der Waals surface area contributed by atoms with Gasteiger partial charge in [0.2, 0.25) is 0 Å². The van der Waals surface area contributed by atoms with E-state index in [-0.39, 0.29) is 18.1 Å². The van der Waals surface area contributed by atoms with E-state index in [1.807, 2.05) is 16.3 Å². The lowest BCUT2D eigenvalue weighted by Crippen LogP contribution is -2.42. The van der Waals surface area contributed by atoms with Gasteiger partial charge in [-0.3, -0.25) is 4.79 Å². The summed E-state index contributed by atoms with van der Waals surface area (Å²) in [5.74, 6) is 5.51. The van der Waals surface area contributed by atoms with Crippen molar-refractivity contribution in [1.29, 1.82) is 0 Å². The first-order valence-electron chi connectivity index (χ1n) is 6.05. The highest BCUT2D eigenvalue weighted by atomic mass is 32.1. The quantitative estimate of drug-likeness (QED) is 0.788. The largest absolute Gasteiger partial charge is 0.384 e. The second kappa shape index (κ2) is 5.13. The van der Waals surface area contributed by atoms with Crippen molar-refractivity contribution in [3.8, 4) is 11.8 Å². The summed E-state index contributed by atoms with van der Waals surface area (Å²) in [6.07, 6.45) is 2.13. The van der Waals surface area contributed by atoms with Crippen LogP contribution >= 0.6 is 11.3 Å². The molecule has 1 N–H and O–H groups in total. The highest BCUT2D eigenvalue weighted by molar-refractivity contribution is 7.10. The topological polar surface area (TPSA) is 40.5 Å². The van der Waals surface area contributed by atoms with E-state index in [0.717, 1.165) is 24.3 Å². The average molecular weight is 263 g/mol. The van der Waals surface area contributed by atoms with Gasteiger partial charge in [0.05, 0.1) is 10.4 Å². The summed E-state index contributed by atoms with van der Waals surface area (Å²) in [6.45, 7) is 4.90. The number of amides is 1. The molecule has 96 valence electrons. The second-order valence-corrected chi connectivity index (χ2v) is 5.94. The zero-order chi connectivity index (χ0) is 13.2. The summed E-state index contributed by atoms with van der Waals surface area (Å²) in [5.41, 5.74) is 0.660. The van der Waals surface area contributed by atoms with Crippen LogP contribution in [0.25, 0.3) is 0 Å². The van der Waals surface area contributed by atoms with Crippen LogP contribution in [-0.4, -0.2) is 34.6 Å². The first-order chi connectivity index (χ1) is 8.54. The minimum Gasteiger partial charge on any atom is -0.384 e. The summed E-state index contributed by atoms with van der Waals surface area (Å²) < 4.78 is 0. The van der Waals surface area contributed by atoms with Crippen molar-refractivity contribution >= 4 is 17.2 Å². The average Bonchev–Trinajstić information content (AvgIpc) is 2.92. The fraction of sp³-hybridized carbons (Fsp3) is 0.500. The predicted octanol–water partition coefficient (Wildman–Crippen LogP) is 2.11. The Labute approximate surface area is 111 Å².